The molecule has 0 saturated carbocycles. The maximum Gasteiger partial charge on any atom is 0.337 e. The maximum atomic E-state index is 12.0. The number of aromatic nitrogens is 1. The second kappa shape index (κ2) is 8.02. The summed E-state index contributed by atoms with van der Waals surface area (Å²) in [6, 6.07) is 13.5. The molecule has 0 aliphatic carbocycles. The van der Waals surface area contributed by atoms with Crippen LogP contribution in [0.15, 0.2) is 59.2 Å². The SMILES string of the molecule is COC(=O)c1ccc(N(c2coc(-c3ccccc3)n2)S(=O)O)c(OC)c1. The molecule has 0 amide bonds. The summed E-state index contributed by atoms with van der Waals surface area (Å²) in [6.45, 7) is 0. The highest BCUT2D eigenvalue weighted by atomic mass is 32.2. The molecule has 140 valence electrons. The molecule has 0 fully saturated rings. The van der Waals surface area contributed by atoms with Gasteiger partial charge in [0, 0.05) is 5.56 Å². The molecule has 1 unspecified atom stereocenters. The van der Waals surface area contributed by atoms with Gasteiger partial charge >= 0.3 is 5.97 Å². The van der Waals surface area contributed by atoms with Crippen LogP contribution >= 0.6 is 0 Å². The van der Waals surface area contributed by atoms with Crippen molar-refractivity contribution in [3.63, 3.8) is 0 Å². The van der Waals surface area contributed by atoms with Crippen LogP contribution in [0.25, 0.3) is 11.5 Å². The lowest BCUT2D eigenvalue weighted by atomic mass is 10.2. The van der Waals surface area contributed by atoms with Crippen molar-refractivity contribution >= 4 is 28.7 Å². The zero-order chi connectivity index (χ0) is 19.4. The van der Waals surface area contributed by atoms with Crippen LogP contribution in [-0.2, 0) is 16.0 Å². The van der Waals surface area contributed by atoms with E-state index in [0.717, 1.165) is 9.87 Å². The number of carbonyl (C=O) groups is 1. The van der Waals surface area contributed by atoms with E-state index in [1.807, 2.05) is 30.3 Å². The quantitative estimate of drug-likeness (QED) is 0.510. The lowest BCUT2D eigenvalue weighted by molar-refractivity contribution is 0.0600. The topological polar surface area (TPSA) is 102 Å². The summed E-state index contributed by atoms with van der Waals surface area (Å²) in [5.41, 5.74) is 1.20. The van der Waals surface area contributed by atoms with Crippen molar-refractivity contribution in [1.82, 2.24) is 4.98 Å². The highest BCUT2D eigenvalue weighted by Gasteiger charge is 2.24. The molecule has 0 bridgehead atoms. The first-order valence-corrected chi connectivity index (χ1v) is 8.80. The normalized spacial score (nSPS) is 11.7. The van der Waals surface area contributed by atoms with Gasteiger partial charge in [-0.15, -0.1) is 0 Å². The Morgan fingerprint density at radius 3 is 2.56 bits per heavy atom. The van der Waals surface area contributed by atoms with Crippen LogP contribution in [0.4, 0.5) is 11.5 Å². The second-order valence-corrected chi connectivity index (χ2v) is 6.11. The van der Waals surface area contributed by atoms with E-state index in [4.69, 9.17) is 9.15 Å². The lowest BCUT2D eigenvalue weighted by Crippen LogP contribution is -2.20. The molecule has 0 spiro atoms. The molecule has 8 nitrogen and oxygen atoms in total. The van der Waals surface area contributed by atoms with E-state index in [0.29, 0.717) is 5.89 Å². The van der Waals surface area contributed by atoms with Crippen molar-refractivity contribution in [2.24, 2.45) is 0 Å². The van der Waals surface area contributed by atoms with Crippen molar-refractivity contribution in [2.75, 3.05) is 18.5 Å². The molecule has 0 aliphatic heterocycles. The number of oxazole rings is 1. The number of ether oxygens (including phenoxy) is 2. The van der Waals surface area contributed by atoms with Gasteiger partial charge in [0.05, 0.1) is 19.8 Å². The monoisotopic (exact) mass is 388 g/mol. The molecule has 0 radical (unpaired) electrons. The zero-order valence-electron chi connectivity index (χ0n) is 14.5. The number of hydrogen-bond acceptors (Lipinski definition) is 6. The van der Waals surface area contributed by atoms with Crippen LogP contribution in [0.5, 0.6) is 5.75 Å². The fraction of sp³-hybridized carbons (Fsp3) is 0.111. The Morgan fingerprint density at radius 1 is 1.19 bits per heavy atom. The van der Waals surface area contributed by atoms with E-state index >= 15 is 0 Å². The van der Waals surface area contributed by atoms with Crippen LogP contribution in [0.3, 0.4) is 0 Å². The largest absolute Gasteiger partial charge is 0.495 e. The van der Waals surface area contributed by atoms with Gasteiger partial charge in [0.2, 0.25) is 5.89 Å². The lowest BCUT2D eigenvalue weighted by Gasteiger charge is -2.19. The number of hydrogen-bond donors (Lipinski definition) is 1. The number of benzene rings is 2. The van der Waals surface area contributed by atoms with Gasteiger partial charge in [0.1, 0.15) is 17.7 Å². The smallest absolute Gasteiger partial charge is 0.337 e. The Balaban J connectivity index is 2.03. The van der Waals surface area contributed by atoms with Crippen molar-refractivity contribution in [3.05, 3.63) is 60.4 Å². The molecule has 0 saturated heterocycles. The fourth-order valence-corrected chi connectivity index (χ4v) is 3.01. The summed E-state index contributed by atoms with van der Waals surface area (Å²) in [6.07, 6.45) is 1.27. The maximum absolute atomic E-state index is 12.0. The summed E-state index contributed by atoms with van der Waals surface area (Å²) in [5, 5.41) is 0. The van der Waals surface area contributed by atoms with Gasteiger partial charge in [0.15, 0.2) is 5.82 Å². The third-order valence-electron chi connectivity index (χ3n) is 3.70. The standard InChI is InChI=1S/C18H16N2O6S/c1-24-15-10-13(18(21)25-2)8-9-14(15)20(27(22)23)16-11-26-17(19-16)12-6-4-3-5-7-12/h3-11H,1-2H3,(H,22,23). The van der Waals surface area contributed by atoms with E-state index in [2.05, 4.69) is 9.72 Å². The van der Waals surface area contributed by atoms with E-state index < -0.39 is 17.2 Å². The summed E-state index contributed by atoms with van der Waals surface area (Å²) in [7, 11) is 2.65. The van der Waals surface area contributed by atoms with Crippen LogP contribution in [0.1, 0.15) is 10.4 Å². The van der Waals surface area contributed by atoms with Crippen molar-refractivity contribution in [2.45, 2.75) is 0 Å². The molecule has 2 aromatic carbocycles. The molecule has 1 atom stereocenters. The zero-order valence-corrected chi connectivity index (χ0v) is 15.3. The van der Waals surface area contributed by atoms with Gasteiger partial charge in [-0.1, -0.05) is 18.2 Å². The number of carbonyl (C=O) groups excluding carboxylic acids is 1. The predicted octanol–water partition coefficient (Wildman–Crippen LogP) is 3.41. The summed E-state index contributed by atoms with van der Waals surface area (Å²) in [5.74, 6) is 0.0545. The summed E-state index contributed by atoms with van der Waals surface area (Å²) in [4.78, 5) is 16.0. The Bertz CT molecular complexity index is 973. The van der Waals surface area contributed by atoms with Crippen LogP contribution in [0, 0.1) is 0 Å². The molecule has 1 N–H and O–H groups in total. The molecular formula is C18H16N2O6S. The second-order valence-electron chi connectivity index (χ2n) is 5.28. The molecule has 0 aliphatic rings. The predicted molar refractivity (Wildman–Crippen MR) is 99.2 cm³/mol. The number of esters is 1. The van der Waals surface area contributed by atoms with Gasteiger partial charge in [-0.05, 0) is 30.3 Å². The highest BCUT2D eigenvalue weighted by molar-refractivity contribution is 7.81. The fourth-order valence-electron chi connectivity index (χ4n) is 2.45. The Labute approximate surface area is 157 Å². The minimum Gasteiger partial charge on any atom is -0.495 e. The molecule has 1 aromatic heterocycles. The third kappa shape index (κ3) is 3.83. The first-order chi connectivity index (χ1) is 13.0. The van der Waals surface area contributed by atoms with Gasteiger partial charge in [0.25, 0.3) is 11.3 Å². The average Bonchev–Trinajstić information content (AvgIpc) is 3.17. The van der Waals surface area contributed by atoms with Gasteiger partial charge in [-0.2, -0.15) is 4.98 Å². The highest BCUT2D eigenvalue weighted by Crippen LogP contribution is 2.36. The molecule has 3 aromatic rings. The first kappa shape index (κ1) is 18.6. The number of rotatable bonds is 6. The van der Waals surface area contributed by atoms with Crippen molar-refractivity contribution < 1.29 is 27.4 Å². The van der Waals surface area contributed by atoms with E-state index in [1.54, 1.807) is 0 Å². The number of anilines is 2. The molecule has 27 heavy (non-hydrogen) atoms. The van der Waals surface area contributed by atoms with Crippen molar-refractivity contribution in [3.8, 4) is 17.2 Å². The number of methoxy groups -OCH3 is 2. The van der Waals surface area contributed by atoms with E-state index in [9.17, 15) is 13.6 Å². The van der Waals surface area contributed by atoms with Crippen molar-refractivity contribution in [1.29, 1.82) is 0 Å². The Kier molecular flexibility index (Phi) is 5.53. The van der Waals surface area contributed by atoms with Crippen LogP contribution in [-0.4, -0.2) is 33.9 Å². The molecule has 9 heteroatoms. The van der Waals surface area contributed by atoms with Crippen LogP contribution in [0.2, 0.25) is 0 Å². The molecular weight excluding hydrogens is 372 g/mol. The number of nitrogens with zero attached hydrogens (tertiary/aromatic N) is 2. The summed E-state index contributed by atoms with van der Waals surface area (Å²) < 4.78 is 38.2. The first-order valence-electron chi connectivity index (χ1n) is 7.73. The minimum atomic E-state index is -2.46. The third-order valence-corrected chi connectivity index (χ3v) is 4.39. The Hall–Kier alpha value is -3.17. The van der Waals surface area contributed by atoms with Gasteiger partial charge in [-0.3, -0.25) is 4.55 Å². The van der Waals surface area contributed by atoms with Gasteiger partial charge in [-0.25, -0.2) is 13.3 Å². The minimum absolute atomic E-state index is 0.110. The molecule has 1 heterocycles. The average molecular weight is 388 g/mol. The summed E-state index contributed by atoms with van der Waals surface area (Å²) >= 11 is -2.46. The van der Waals surface area contributed by atoms with Gasteiger partial charge < -0.3 is 13.9 Å². The van der Waals surface area contributed by atoms with E-state index in [1.165, 1.54) is 38.7 Å². The Morgan fingerprint density at radius 2 is 1.93 bits per heavy atom. The van der Waals surface area contributed by atoms with E-state index in [-0.39, 0.29) is 22.8 Å². The molecule has 3 rings (SSSR count). The van der Waals surface area contributed by atoms with Crippen LogP contribution < -0.4 is 9.04 Å².